The lowest BCUT2D eigenvalue weighted by atomic mass is 10.1. The van der Waals surface area contributed by atoms with Crippen LogP contribution in [0.4, 0.5) is 5.69 Å². The first-order valence-corrected chi connectivity index (χ1v) is 11.2. The van der Waals surface area contributed by atoms with Gasteiger partial charge in [0.15, 0.2) is 0 Å². The van der Waals surface area contributed by atoms with Gasteiger partial charge in [-0.05, 0) is 68.3 Å². The van der Waals surface area contributed by atoms with Crippen LogP contribution in [0.15, 0.2) is 46.2 Å². The van der Waals surface area contributed by atoms with E-state index in [0.717, 1.165) is 4.31 Å². The molecule has 148 valence electrons. The number of aryl methyl sites for hydroxylation is 1. The van der Waals surface area contributed by atoms with E-state index in [4.69, 9.17) is 4.74 Å². The maximum atomic E-state index is 12.7. The molecule has 2 aromatic carbocycles. The SMILES string of the molecule is CCOc1ccc(S(=O)(=O)Nc2cc(S(=O)(=O)N(C)C)cc(C)c2C)cc1. The molecule has 2 aromatic rings. The molecule has 0 radical (unpaired) electrons. The fourth-order valence-electron chi connectivity index (χ4n) is 2.38. The molecule has 0 aliphatic rings. The van der Waals surface area contributed by atoms with Gasteiger partial charge in [0.25, 0.3) is 10.0 Å². The molecule has 0 bridgehead atoms. The molecule has 0 aliphatic carbocycles. The van der Waals surface area contributed by atoms with Gasteiger partial charge in [-0.1, -0.05) is 0 Å². The number of sulfonamides is 2. The fraction of sp³-hybridized carbons (Fsp3) is 0.333. The number of benzene rings is 2. The van der Waals surface area contributed by atoms with E-state index in [-0.39, 0.29) is 15.5 Å². The van der Waals surface area contributed by atoms with Gasteiger partial charge < -0.3 is 4.74 Å². The molecule has 0 saturated carbocycles. The van der Waals surface area contributed by atoms with Crippen molar-refractivity contribution in [3.05, 3.63) is 47.5 Å². The standard InChI is InChI=1S/C18H24N2O5S2/c1-6-25-15-7-9-16(10-8-15)26(21,22)19-18-12-17(11-13(2)14(18)3)27(23,24)20(4)5/h7-12,19H,6H2,1-5H3. The minimum atomic E-state index is -3.88. The number of ether oxygens (including phenoxy) is 1. The minimum absolute atomic E-state index is 0.0278. The highest BCUT2D eigenvalue weighted by Gasteiger charge is 2.22. The molecule has 0 aliphatic heterocycles. The Bertz CT molecular complexity index is 1030. The zero-order valence-corrected chi connectivity index (χ0v) is 17.6. The van der Waals surface area contributed by atoms with Crippen LogP contribution in [0.3, 0.4) is 0 Å². The van der Waals surface area contributed by atoms with E-state index in [1.807, 2.05) is 6.92 Å². The van der Waals surface area contributed by atoms with Crippen molar-refractivity contribution < 1.29 is 21.6 Å². The largest absolute Gasteiger partial charge is 0.494 e. The molecule has 2 rings (SSSR count). The van der Waals surface area contributed by atoms with Crippen LogP contribution in [-0.2, 0) is 20.0 Å². The van der Waals surface area contributed by atoms with Crippen molar-refractivity contribution in [3.8, 4) is 5.75 Å². The smallest absolute Gasteiger partial charge is 0.261 e. The van der Waals surface area contributed by atoms with Crippen LogP contribution in [0, 0.1) is 13.8 Å². The van der Waals surface area contributed by atoms with Gasteiger partial charge in [-0.3, -0.25) is 4.72 Å². The predicted molar refractivity (Wildman–Crippen MR) is 105 cm³/mol. The quantitative estimate of drug-likeness (QED) is 0.755. The molecule has 0 amide bonds. The van der Waals surface area contributed by atoms with E-state index in [1.54, 1.807) is 26.0 Å². The summed E-state index contributed by atoms with van der Waals surface area (Å²) in [6.07, 6.45) is 0. The Balaban J connectivity index is 2.45. The summed E-state index contributed by atoms with van der Waals surface area (Å²) in [5.41, 5.74) is 1.55. The summed E-state index contributed by atoms with van der Waals surface area (Å²) in [5, 5.41) is 0. The Kier molecular flexibility index (Phi) is 6.18. The summed E-state index contributed by atoms with van der Waals surface area (Å²) < 4.78 is 59.2. The van der Waals surface area contributed by atoms with Gasteiger partial charge in [-0.2, -0.15) is 0 Å². The Morgan fingerprint density at radius 2 is 1.56 bits per heavy atom. The normalized spacial score (nSPS) is 12.2. The second-order valence-corrected chi connectivity index (χ2v) is 10.0. The van der Waals surface area contributed by atoms with Crippen molar-refractivity contribution in [3.63, 3.8) is 0 Å². The fourth-order valence-corrected chi connectivity index (χ4v) is 4.51. The van der Waals surface area contributed by atoms with Gasteiger partial charge in [0.05, 0.1) is 22.1 Å². The van der Waals surface area contributed by atoms with Crippen molar-refractivity contribution in [2.45, 2.75) is 30.6 Å². The van der Waals surface area contributed by atoms with E-state index in [9.17, 15) is 16.8 Å². The van der Waals surface area contributed by atoms with Crippen LogP contribution in [-0.4, -0.2) is 41.8 Å². The zero-order chi connectivity index (χ0) is 20.4. The molecule has 0 spiro atoms. The monoisotopic (exact) mass is 412 g/mol. The van der Waals surface area contributed by atoms with Crippen molar-refractivity contribution in [2.75, 3.05) is 25.4 Å². The van der Waals surface area contributed by atoms with Gasteiger partial charge in [0.1, 0.15) is 5.75 Å². The lowest BCUT2D eigenvalue weighted by molar-refractivity contribution is 0.340. The molecule has 0 aromatic heterocycles. The third kappa shape index (κ3) is 4.60. The average Bonchev–Trinajstić information content (AvgIpc) is 2.59. The third-order valence-corrected chi connectivity index (χ3v) is 7.28. The highest BCUT2D eigenvalue weighted by atomic mass is 32.2. The van der Waals surface area contributed by atoms with Crippen LogP contribution in [0.2, 0.25) is 0 Å². The van der Waals surface area contributed by atoms with E-state index >= 15 is 0 Å². The highest BCUT2D eigenvalue weighted by molar-refractivity contribution is 7.92. The summed E-state index contributed by atoms with van der Waals surface area (Å²) in [6, 6.07) is 8.89. The van der Waals surface area contributed by atoms with Crippen molar-refractivity contribution >= 4 is 25.7 Å². The molecular formula is C18H24N2O5S2. The van der Waals surface area contributed by atoms with Crippen LogP contribution in [0.1, 0.15) is 18.1 Å². The number of nitrogens with one attached hydrogen (secondary N) is 1. The molecule has 0 heterocycles. The predicted octanol–water partition coefficient (Wildman–Crippen LogP) is 2.75. The number of rotatable bonds is 7. The van der Waals surface area contributed by atoms with Crippen molar-refractivity contribution in [1.82, 2.24) is 4.31 Å². The number of anilines is 1. The van der Waals surface area contributed by atoms with E-state index in [0.29, 0.717) is 23.5 Å². The minimum Gasteiger partial charge on any atom is -0.494 e. The van der Waals surface area contributed by atoms with E-state index in [2.05, 4.69) is 4.72 Å². The Morgan fingerprint density at radius 1 is 0.963 bits per heavy atom. The number of hydrogen-bond acceptors (Lipinski definition) is 5. The lowest BCUT2D eigenvalue weighted by Gasteiger charge is -2.17. The zero-order valence-electron chi connectivity index (χ0n) is 16.0. The van der Waals surface area contributed by atoms with Gasteiger partial charge in [0.2, 0.25) is 10.0 Å². The Hall–Kier alpha value is -2.10. The van der Waals surface area contributed by atoms with E-state index < -0.39 is 20.0 Å². The van der Waals surface area contributed by atoms with Crippen LogP contribution < -0.4 is 9.46 Å². The summed E-state index contributed by atoms with van der Waals surface area (Å²) in [5.74, 6) is 0.572. The maximum absolute atomic E-state index is 12.7. The molecule has 1 N–H and O–H groups in total. The van der Waals surface area contributed by atoms with Gasteiger partial charge in [-0.25, -0.2) is 21.1 Å². The lowest BCUT2D eigenvalue weighted by Crippen LogP contribution is -2.23. The summed E-state index contributed by atoms with van der Waals surface area (Å²) in [4.78, 5) is 0.0869. The molecule has 0 saturated heterocycles. The van der Waals surface area contributed by atoms with E-state index in [1.165, 1.54) is 38.4 Å². The number of hydrogen-bond donors (Lipinski definition) is 1. The molecule has 0 fully saturated rings. The van der Waals surface area contributed by atoms with Gasteiger partial charge in [0, 0.05) is 14.1 Å². The topological polar surface area (TPSA) is 92.8 Å². The summed E-state index contributed by atoms with van der Waals surface area (Å²) in [7, 11) is -4.72. The molecule has 9 heteroatoms. The number of nitrogens with zero attached hydrogens (tertiary/aromatic N) is 1. The Labute approximate surface area is 161 Å². The molecule has 27 heavy (non-hydrogen) atoms. The van der Waals surface area contributed by atoms with Crippen LogP contribution in [0.5, 0.6) is 5.75 Å². The molecule has 0 atom stereocenters. The van der Waals surface area contributed by atoms with Gasteiger partial charge >= 0.3 is 0 Å². The van der Waals surface area contributed by atoms with Gasteiger partial charge in [-0.15, -0.1) is 0 Å². The van der Waals surface area contributed by atoms with Crippen LogP contribution in [0.25, 0.3) is 0 Å². The van der Waals surface area contributed by atoms with Crippen molar-refractivity contribution in [1.29, 1.82) is 0 Å². The molecular weight excluding hydrogens is 388 g/mol. The summed E-state index contributed by atoms with van der Waals surface area (Å²) in [6.45, 7) is 5.79. The first-order chi connectivity index (χ1) is 12.5. The average molecular weight is 413 g/mol. The van der Waals surface area contributed by atoms with Crippen LogP contribution >= 0.6 is 0 Å². The second-order valence-electron chi connectivity index (χ2n) is 6.21. The second kappa shape index (κ2) is 7.87. The third-order valence-electron chi connectivity index (χ3n) is 4.11. The first kappa shape index (κ1) is 21.2. The first-order valence-electron chi connectivity index (χ1n) is 8.28. The highest BCUT2D eigenvalue weighted by Crippen LogP contribution is 2.28. The molecule has 7 nitrogen and oxygen atoms in total. The molecule has 0 unspecified atom stereocenters. The Morgan fingerprint density at radius 3 is 2.07 bits per heavy atom. The van der Waals surface area contributed by atoms with Crippen molar-refractivity contribution in [2.24, 2.45) is 0 Å². The summed E-state index contributed by atoms with van der Waals surface area (Å²) >= 11 is 0. The maximum Gasteiger partial charge on any atom is 0.261 e.